The molecule has 0 fully saturated rings. The normalized spacial score (nSPS) is 13.6. The molecule has 25 heavy (non-hydrogen) atoms. The fourth-order valence-electron chi connectivity index (χ4n) is 3.36. The van der Waals surface area contributed by atoms with Gasteiger partial charge in [0.25, 0.3) is 5.91 Å². The van der Waals surface area contributed by atoms with Gasteiger partial charge in [0.1, 0.15) is 0 Å². The van der Waals surface area contributed by atoms with Crippen LogP contribution in [-0.4, -0.2) is 25.5 Å². The quantitative estimate of drug-likeness (QED) is 0.648. The van der Waals surface area contributed by atoms with Crippen molar-refractivity contribution in [2.75, 3.05) is 18.6 Å². The molecule has 0 saturated heterocycles. The van der Waals surface area contributed by atoms with Crippen LogP contribution in [0.1, 0.15) is 32.0 Å². The van der Waals surface area contributed by atoms with E-state index in [0.717, 1.165) is 39.1 Å². The highest BCUT2D eigenvalue weighted by molar-refractivity contribution is 7.20. The van der Waals surface area contributed by atoms with Crippen LogP contribution in [0, 0.1) is 0 Å². The zero-order valence-corrected chi connectivity index (χ0v) is 14.6. The molecule has 0 radical (unpaired) electrons. The van der Waals surface area contributed by atoms with Crippen molar-refractivity contribution in [3.8, 4) is 0 Å². The number of anilines is 1. The lowest BCUT2D eigenvalue weighted by Gasteiger charge is -2.30. The predicted molar refractivity (Wildman–Crippen MR) is 99.6 cm³/mol. The summed E-state index contributed by atoms with van der Waals surface area (Å²) in [6.07, 6.45) is 1.61. The summed E-state index contributed by atoms with van der Waals surface area (Å²) in [5.74, 6) is -0.364. The molecule has 0 aliphatic carbocycles. The van der Waals surface area contributed by atoms with Gasteiger partial charge in [-0.05, 0) is 48.1 Å². The molecule has 2 aromatic carbocycles. The van der Waals surface area contributed by atoms with E-state index in [1.165, 1.54) is 18.4 Å². The lowest BCUT2D eigenvalue weighted by molar-refractivity contribution is 0.0599. The molecule has 3 aromatic rings. The minimum absolute atomic E-state index is 0.0100. The molecule has 1 aliphatic heterocycles. The number of thiophene rings is 1. The van der Waals surface area contributed by atoms with Gasteiger partial charge in [0, 0.05) is 16.9 Å². The number of hydrogen-bond acceptors (Lipinski definition) is 4. The molecule has 4 nitrogen and oxygen atoms in total. The molecular formula is C20H17NO3S. The smallest absolute Gasteiger partial charge is 0.338 e. The Morgan fingerprint density at radius 2 is 1.96 bits per heavy atom. The molecule has 0 spiro atoms. The van der Waals surface area contributed by atoms with Crippen molar-refractivity contribution in [1.29, 1.82) is 0 Å². The second-order valence-corrected chi connectivity index (χ2v) is 7.09. The summed E-state index contributed by atoms with van der Waals surface area (Å²) in [7, 11) is 1.38. The molecule has 0 bridgehead atoms. The Hall–Kier alpha value is -2.66. The van der Waals surface area contributed by atoms with Gasteiger partial charge in [-0.15, -0.1) is 11.3 Å². The van der Waals surface area contributed by atoms with Gasteiger partial charge in [0.15, 0.2) is 0 Å². The highest BCUT2D eigenvalue weighted by Gasteiger charge is 2.27. The fourth-order valence-corrected chi connectivity index (χ4v) is 4.37. The number of ether oxygens (including phenoxy) is 1. The summed E-state index contributed by atoms with van der Waals surface area (Å²) in [5, 5.41) is 1.08. The predicted octanol–water partition coefficient (Wildman–Crippen LogP) is 4.28. The second kappa shape index (κ2) is 6.33. The molecule has 0 atom stereocenters. The minimum atomic E-state index is -0.354. The van der Waals surface area contributed by atoms with E-state index in [1.807, 2.05) is 42.5 Å². The third kappa shape index (κ3) is 2.70. The fraction of sp³-hybridized carbons (Fsp3) is 0.200. The van der Waals surface area contributed by atoms with Crippen LogP contribution in [-0.2, 0) is 11.2 Å². The van der Waals surface area contributed by atoms with Gasteiger partial charge in [0.05, 0.1) is 17.6 Å². The number of esters is 1. The van der Waals surface area contributed by atoms with E-state index in [2.05, 4.69) is 0 Å². The van der Waals surface area contributed by atoms with Crippen LogP contribution in [0.2, 0.25) is 0 Å². The van der Waals surface area contributed by atoms with Crippen LogP contribution in [0.5, 0.6) is 0 Å². The van der Waals surface area contributed by atoms with Crippen LogP contribution < -0.4 is 4.90 Å². The van der Waals surface area contributed by atoms with Crippen LogP contribution >= 0.6 is 11.3 Å². The van der Waals surface area contributed by atoms with Crippen LogP contribution in [0.25, 0.3) is 10.1 Å². The number of carbonyl (C=O) groups is 2. The summed E-state index contributed by atoms with van der Waals surface area (Å²) in [6.45, 7) is 0.657. The Labute approximate surface area is 149 Å². The average molecular weight is 351 g/mol. The number of hydrogen-bond donors (Lipinski definition) is 0. The third-order valence-electron chi connectivity index (χ3n) is 4.54. The Balaban J connectivity index is 1.75. The molecule has 1 aliphatic rings. The van der Waals surface area contributed by atoms with Crippen LogP contribution in [0.15, 0.2) is 48.5 Å². The largest absolute Gasteiger partial charge is 0.465 e. The van der Waals surface area contributed by atoms with Gasteiger partial charge < -0.3 is 9.64 Å². The standard InChI is InChI=1S/C20H17NO3S/c1-24-20(23)15-7-4-9-16-14(15)8-5-11-21(16)19(22)18-12-13-6-2-3-10-17(13)25-18/h2-4,6-7,9-10,12H,5,8,11H2,1H3. The average Bonchev–Trinajstić information content (AvgIpc) is 3.10. The molecule has 126 valence electrons. The molecule has 0 unspecified atom stereocenters. The molecule has 5 heteroatoms. The van der Waals surface area contributed by atoms with Crippen molar-refractivity contribution >= 4 is 39.0 Å². The van der Waals surface area contributed by atoms with E-state index >= 15 is 0 Å². The lowest BCUT2D eigenvalue weighted by atomic mass is 9.96. The number of methoxy groups -OCH3 is 1. The number of fused-ring (bicyclic) bond motifs is 2. The summed E-state index contributed by atoms with van der Waals surface area (Å²) >= 11 is 1.51. The highest BCUT2D eigenvalue weighted by atomic mass is 32.1. The van der Waals surface area contributed by atoms with Gasteiger partial charge in [-0.25, -0.2) is 4.79 Å². The number of rotatable bonds is 2. The third-order valence-corrected chi connectivity index (χ3v) is 5.64. The Morgan fingerprint density at radius 3 is 2.76 bits per heavy atom. The number of benzene rings is 2. The van der Waals surface area contributed by atoms with E-state index in [-0.39, 0.29) is 11.9 Å². The van der Waals surface area contributed by atoms with Gasteiger partial charge in [0.2, 0.25) is 0 Å². The van der Waals surface area contributed by atoms with Gasteiger partial charge >= 0.3 is 5.97 Å². The molecule has 0 N–H and O–H groups in total. The molecular weight excluding hydrogens is 334 g/mol. The number of amides is 1. The van der Waals surface area contributed by atoms with Crippen molar-refractivity contribution in [3.05, 3.63) is 64.5 Å². The zero-order chi connectivity index (χ0) is 17.4. The van der Waals surface area contributed by atoms with Crippen molar-refractivity contribution < 1.29 is 14.3 Å². The van der Waals surface area contributed by atoms with E-state index < -0.39 is 0 Å². The van der Waals surface area contributed by atoms with E-state index in [9.17, 15) is 9.59 Å². The molecule has 4 rings (SSSR count). The Kier molecular flexibility index (Phi) is 4.01. The first-order chi connectivity index (χ1) is 12.2. The van der Waals surface area contributed by atoms with Crippen molar-refractivity contribution in [1.82, 2.24) is 0 Å². The maximum Gasteiger partial charge on any atom is 0.338 e. The monoisotopic (exact) mass is 351 g/mol. The van der Waals surface area contributed by atoms with E-state index in [4.69, 9.17) is 4.74 Å². The van der Waals surface area contributed by atoms with Crippen molar-refractivity contribution in [3.63, 3.8) is 0 Å². The summed E-state index contributed by atoms with van der Waals surface area (Å²) in [6, 6.07) is 15.4. The van der Waals surface area contributed by atoms with E-state index in [1.54, 1.807) is 11.0 Å². The number of carbonyl (C=O) groups excluding carboxylic acids is 2. The van der Waals surface area contributed by atoms with Crippen molar-refractivity contribution in [2.45, 2.75) is 12.8 Å². The highest BCUT2D eigenvalue weighted by Crippen LogP contribution is 2.33. The zero-order valence-electron chi connectivity index (χ0n) is 13.8. The first-order valence-electron chi connectivity index (χ1n) is 8.19. The lowest BCUT2D eigenvalue weighted by Crippen LogP contribution is -2.35. The van der Waals surface area contributed by atoms with Gasteiger partial charge in [-0.2, -0.15) is 0 Å². The molecule has 2 heterocycles. The first-order valence-corrected chi connectivity index (χ1v) is 9.01. The molecule has 1 amide bonds. The maximum absolute atomic E-state index is 13.1. The Bertz CT molecular complexity index is 943. The molecule has 1 aromatic heterocycles. The van der Waals surface area contributed by atoms with Gasteiger partial charge in [-0.3, -0.25) is 4.79 Å². The second-order valence-electron chi connectivity index (χ2n) is 6.00. The number of nitrogens with zero attached hydrogens (tertiary/aromatic N) is 1. The maximum atomic E-state index is 13.1. The van der Waals surface area contributed by atoms with Crippen LogP contribution in [0.4, 0.5) is 5.69 Å². The van der Waals surface area contributed by atoms with E-state index in [0.29, 0.717) is 12.1 Å². The Morgan fingerprint density at radius 1 is 1.12 bits per heavy atom. The summed E-state index contributed by atoms with van der Waals surface area (Å²) in [4.78, 5) is 27.6. The SMILES string of the molecule is COC(=O)c1cccc2c1CCCN2C(=O)c1cc2ccccc2s1. The minimum Gasteiger partial charge on any atom is -0.465 e. The molecule has 0 saturated carbocycles. The van der Waals surface area contributed by atoms with Crippen molar-refractivity contribution in [2.24, 2.45) is 0 Å². The topological polar surface area (TPSA) is 46.6 Å². The van der Waals surface area contributed by atoms with Gasteiger partial charge in [-0.1, -0.05) is 24.3 Å². The van der Waals surface area contributed by atoms with Crippen LogP contribution in [0.3, 0.4) is 0 Å². The summed E-state index contributed by atoms with van der Waals surface area (Å²) in [5.41, 5.74) is 2.26. The first kappa shape index (κ1) is 15.8. The summed E-state index contributed by atoms with van der Waals surface area (Å²) < 4.78 is 5.99.